The summed E-state index contributed by atoms with van der Waals surface area (Å²) in [6, 6.07) is 0. The maximum absolute atomic E-state index is 2.54. The molecule has 2 aliphatic rings. The van der Waals surface area contributed by atoms with Crippen LogP contribution in [0.2, 0.25) is 0 Å². The molecule has 0 saturated carbocycles. The van der Waals surface area contributed by atoms with Gasteiger partial charge in [-0.1, -0.05) is 25.7 Å². The summed E-state index contributed by atoms with van der Waals surface area (Å²) in [5.74, 6) is 2.65. The predicted molar refractivity (Wildman–Crippen MR) is 67.0 cm³/mol. The Kier molecular flexibility index (Phi) is 4.22. The van der Waals surface area contributed by atoms with Crippen LogP contribution in [0.15, 0.2) is 0 Å². The Bertz CT molecular complexity index is 153. The van der Waals surface area contributed by atoms with Crippen LogP contribution in [-0.2, 0) is 10.9 Å². The van der Waals surface area contributed by atoms with Gasteiger partial charge in [-0.15, -0.1) is 0 Å². The monoisotopic (exact) mass is 213 g/mol. The molecule has 0 aromatic rings. The van der Waals surface area contributed by atoms with E-state index in [1.54, 1.807) is 37.9 Å². The van der Waals surface area contributed by atoms with Gasteiger partial charge in [-0.25, -0.2) is 0 Å². The zero-order chi connectivity index (χ0) is 9.80. The third-order valence-electron chi connectivity index (χ3n) is 4.19. The molecule has 2 saturated heterocycles. The van der Waals surface area contributed by atoms with E-state index < -0.39 is 0 Å². The van der Waals surface area contributed by atoms with Gasteiger partial charge in [-0.3, -0.25) is 0 Å². The Balaban J connectivity index is 2.02. The standard InChI is InChI=1S/C13H25S/c1-14-11-10-12-6-2-4-8-13(14)9-5-3-7-12/h12-13H,2-11H2,1H3/q+1. The molecular weight excluding hydrogens is 188 g/mol. The van der Waals surface area contributed by atoms with E-state index in [0.717, 1.165) is 22.1 Å². The molecule has 14 heavy (non-hydrogen) atoms. The third-order valence-corrected chi connectivity index (χ3v) is 6.68. The van der Waals surface area contributed by atoms with E-state index in [1.165, 1.54) is 25.7 Å². The van der Waals surface area contributed by atoms with Crippen LogP contribution in [0.3, 0.4) is 0 Å². The molecule has 0 amide bonds. The SMILES string of the molecule is C[S+]1CCC2CCCCC1CCCC2. The third kappa shape index (κ3) is 2.92. The second kappa shape index (κ2) is 5.44. The number of rotatable bonds is 0. The van der Waals surface area contributed by atoms with Gasteiger partial charge in [-0.2, -0.15) is 0 Å². The van der Waals surface area contributed by atoms with Crippen LogP contribution in [0, 0.1) is 5.92 Å². The van der Waals surface area contributed by atoms with Crippen molar-refractivity contribution in [3.8, 4) is 0 Å². The fourth-order valence-electron chi connectivity index (χ4n) is 3.11. The van der Waals surface area contributed by atoms with Gasteiger partial charge in [0.25, 0.3) is 0 Å². The minimum Gasteiger partial charge on any atom is -0.0529 e. The van der Waals surface area contributed by atoms with Crippen molar-refractivity contribution < 1.29 is 0 Å². The highest BCUT2D eigenvalue weighted by Crippen LogP contribution is 2.30. The number of hydrogen-bond acceptors (Lipinski definition) is 0. The van der Waals surface area contributed by atoms with Gasteiger partial charge in [0.15, 0.2) is 0 Å². The highest BCUT2D eigenvalue weighted by Gasteiger charge is 2.29. The van der Waals surface area contributed by atoms with Crippen molar-refractivity contribution in [1.82, 2.24) is 0 Å². The Hall–Kier alpha value is 0.350. The average Bonchev–Trinajstić information content (AvgIpc) is 2.34. The summed E-state index contributed by atoms with van der Waals surface area (Å²) in [5.41, 5.74) is 0. The first kappa shape index (κ1) is 10.9. The normalized spacial score (nSPS) is 40.5. The smallest absolute Gasteiger partial charge is 0.0529 e. The van der Waals surface area contributed by atoms with Gasteiger partial charge in [0.2, 0.25) is 0 Å². The first-order valence-electron chi connectivity index (χ1n) is 6.47. The van der Waals surface area contributed by atoms with Crippen molar-refractivity contribution in [2.75, 3.05) is 12.0 Å². The molecule has 2 bridgehead atoms. The fourth-order valence-corrected chi connectivity index (χ4v) is 5.29. The lowest BCUT2D eigenvalue weighted by Gasteiger charge is -2.15. The lowest BCUT2D eigenvalue weighted by atomic mass is 9.91. The quantitative estimate of drug-likeness (QED) is 0.538. The molecule has 2 aliphatic heterocycles. The molecule has 2 fully saturated rings. The van der Waals surface area contributed by atoms with Gasteiger partial charge in [0.05, 0.1) is 6.26 Å². The van der Waals surface area contributed by atoms with Gasteiger partial charge in [0.1, 0.15) is 11.0 Å². The molecule has 2 rings (SSSR count). The second-order valence-electron chi connectivity index (χ2n) is 5.24. The molecule has 0 N–H and O–H groups in total. The van der Waals surface area contributed by atoms with Gasteiger partial charge in [0, 0.05) is 0 Å². The Labute approximate surface area is 92.2 Å². The molecule has 0 spiro atoms. The summed E-state index contributed by atoms with van der Waals surface area (Å²) in [4.78, 5) is 0. The highest BCUT2D eigenvalue weighted by molar-refractivity contribution is 7.96. The molecule has 2 heterocycles. The van der Waals surface area contributed by atoms with E-state index in [1.807, 2.05) is 0 Å². The summed E-state index contributed by atoms with van der Waals surface area (Å²) in [5, 5.41) is 1.10. The van der Waals surface area contributed by atoms with Crippen LogP contribution < -0.4 is 0 Å². The van der Waals surface area contributed by atoms with Crippen LogP contribution >= 0.6 is 0 Å². The summed E-state index contributed by atoms with van der Waals surface area (Å²) >= 11 is 0. The number of fused-ring (bicyclic) bond motifs is 4. The van der Waals surface area contributed by atoms with Crippen molar-refractivity contribution in [2.24, 2.45) is 5.92 Å². The second-order valence-corrected chi connectivity index (χ2v) is 7.70. The van der Waals surface area contributed by atoms with Gasteiger partial charge in [-0.05, 0) is 48.9 Å². The fraction of sp³-hybridized carbons (Fsp3) is 1.00. The maximum atomic E-state index is 2.54. The van der Waals surface area contributed by atoms with E-state index in [9.17, 15) is 0 Å². The molecule has 0 aromatic heterocycles. The van der Waals surface area contributed by atoms with Crippen molar-refractivity contribution in [2.45, 2.75) is 63.0 Å². The van der Waals surface area contributed by atoms with E-state index >= 15 is 0 Å². The van der Waals surface area contributed by atoms with E-state index in [2.05, 4.69) is 6.26 Å². The Morgan fingerprint density at radius 3 is 2.00 bits per heavy atom. The van der Waals surface area contributed by atoms with Crippen molar-refractivity contribution >= 4 is 10.9 Å². The zero-order valence-corrected chi connectivity index (χ0v) is 10.5. The first-order chi connectivity index (χ1) is 6.86. The maximum Gasteiger partial charge on any atom is 0.118 e. The molecular formula is C13H25S+. The molecule has 1 heteroatoms. The van der Waals surface area contributed by atoms with Gasteiger partial charge >= 0.3 is 0 Å². The van der Waals surface area contributed by atoms with E-state index in [4.69, 9.17) is 0 Å². The van der Waals surface area contributed by atoms with Crippen LogP contribution in [0.25, 0.3) is 0 Å². The minimum atomic E-state index is 0.752. The summed E-state index contributed by atoms with van der Waals surface area (Å²) in [6.45, 7) is 0. The largest absolute Gasteiger partial charge is 0.118 e. The van der Waals surface area contributed by atoms with Crippen molar-refractivity contribution in [3.63, 3.8) is 0 Å². The van der Waals surface area contributed by atoms with Crippen molar-refractivity contribution in [1.29, 1.82) is 0 Å². The Morgan fingerprint density at radius 2 is 1.36 bits per heavy atom. The summed E-state index contributed by atoms with van der Waals surface area (Å²) in [7, 11) is 0.752. The van der Waals surface area contributed by atoms with E-state index in [-0.39, 0.29) is 0 Å². The molecule has 0 radical (unpaired) electrons. The predicted octanol–water partition coefficient (Wildman–Crippen LogP) is 3.76. The van der Waals surface area contributed by atoms with Crippen LogP contribution in [0.1, 0.15) is 57.8 Å². The van der Waals surface area contributed by atoms with Crippen LogP contribution in [-0.4, -0.2) is 17.3 Å². The average molecular weight is 213 g/mol. The molecule has 1 unspecified atom stereocenters. The lowest BCUT2D eigenvalue weighted by Crippen LogP contribution is -2.22. The molecule has 1 atom stereocenters. The topological polar surface area (TPSA) is 0 Å². The molecule has 0 nitrogen and oxygen atoms in total. The molecule has 0 aromatic carbocycles. The Morgan fingerprint density at radius 1 is 0.786 bits per heavy atom. The first-order valence-corrected chi connectivity index (χ1v) is 8.34. The summed E-state index contributed by atoms with van der Waals surface area (Å²) < 4.78 is 0. The van der Waals surface area contributed by atoms with Crippen LogP contribution in [0.5, 0.6) is 0 Å². The zero-order valence-electron chi connectivity index (χ0n) is 9.63. The highest BCUT2D eigenvalue weighted by atomic mass is 32.2. The lowest BCUT2D eigenvalue weighted by molar-refractivity contribution is 0.390. The van der Waals surface area contributed by atoms with Gasteiger partial charge < -0.3 is 0 Å². The molecule has 0 aliphatic carbocycles. The van der Waals surface area contributed by atoms with Crippen molar-refractivity contribution in [3.05, 3.63) is 0 Å². The summed E-state index contributed by atoms with van der Waals surface area (Å²) in [6.07, 6.45) is 16.4. The van der Waals surface area contributed by atoms with Crippen LogP contribution in [0.4, 0.5) is 0 Å². The van der Waals surface area contributed by atoms with E-state index in [0.29, 0.717) is 0 Å². The minimum absolute atomic E-state index is 0.752. The number of hydrogen-bond donors (Lipinski definition) is 0. The molecule has 82 valence electrons.